The third-order valence-electron chi connectivity index (χ3n) is 5.75. The maximum atomic E-state index is 12.6. The number of aromatic nitrogens is 1. The second-order valence-corrected chi connectivity index (χ2v) is 9.32. The second kappa shape index (κ2) is 13.7. The number of benzene rings is 2. The molecule has 0 spiro atoms. The largest absolute Gasteiger partial charge is 0.480 e. The summed E-state index contributed by atoms with van der Waals surface area (Å²) in [5.41, 5.74) is 2.13. The Morgan fingerprint density at radius 1 is 0.892 bits per heavy atom. The van der Waals surface area contributed by atoms with E-state index in [1.165, 1.54) is 12.1 Å². The number of amides is 1. The van der Waals surface area contributed by atoms with E-state index in [1.807, 2.05) is 18.2 Å². The summed E-state index contributed by atoms with van der Waals surface area (Å²) in [5.74, 6) is -2.18. The highest BCUT2D eigenvalue weighted by Crippen LogP contribution is 2.24. The molecular weight excluding hydrogens is 515 g/mol. The van der Waals surface area contributed by atoms with Gasteiger partial charge in [-0.15, -0.1) is 0 Å². The molecule has 0 saturated carbocycles. The van der Waals surface area contributed by atoms with Gasteiger partial charge in [0.1, 0.15) is 11.8 Å². The Kier molecular flexibility index (Phi) is 10.4. The van der Waals surface area contributed by atoms with Crippen LogP contribution in [0.1, 0.15) is 57.7 Å². The number of hydrogen-bond donors (Lipinski definition) is 2. The van der Waals surface area contributed by atoms with Crippen LogP contribution in [-0.2, 0) is 22.4 Å². The first-order valence-corrected chi connectivity index (χ1v) is 12.5. The third-order valence-corrected chi connectivity index (χ3v) is 6.38. The van der Waals surface area contributed by atoms with Crippen LogP contribution >= 0.6 is 23.2 Å². The lowest BCUT2D eigenvalue weighted by Gasteiger charge is -2.15. The molecule has 1 heterocycles. The normalized spacial score (nSPS) is 11.5. The van der Waals surface area contributed by atoms with Crippen LogP contribution < -0.4 is 5.32 Å². The summed E-state index contributed by atoms with van der Waals surface area (Å²) in [6.45, 7) is 0. The van der Waals surface area contributed by atoms with Gasteiger partial charge in [-0.25, -0.2) is 4.79 Å². The molecule has 192 valence electrons. The molecule has 2 N–H and O–H groups in total. The highest BCUT2D eigenvalue weighted by atomic mass is 35.5. The third kappa shape index (κ3) is 8.51. The van der Waals surface area contributed by atoms with Crippen molar-refractivity contribution in [3.05, 3.63) is 99.3 Å². The molecule has 2 aromatic carbocycles. The zero-order chi connectivity index (χ0) is 26.8. The number of aryl methyl sites for hydroxylation is 1. The molecule has 0 bridgehead atoms. The number of aliphatic carboxylic acids is 1. The van der Waals surface area contributed by atoms with Gasteiger partial charge in [0.05, 0.1) is 15.6 Å². The summed E-state index contributed by atoms with van der Waals surface area (Å²) in [6.07, 6.45) is 3.69. The highest BCUT2D eigenvalue weighted by molar-refractivity contribution is 6.39. The lowest BCUT2D eigenvalue weighted by molar-refractivity contribution is -0.139. The lowest BCUT2D eigenvalue weighted by Crippen LogP contribution is -2.41. The first kappa shape index (κ1) is 28.0. The van der Waals surface area contributed by atoms with Gasteiger partial charge in [0.2, 0.25) is 0 Å². The predicted molar refractivity (Wildman–Crippen MR) is 141 cm³/mol. The summed E-state index contributed by atoms with van der Waals surface area (Å²) in [6, 6.07) is 15.6. The first-order chi connectivity index (χ1) is 17.7. The van der Waals surface area contributed by atoms with Crippen LogP contribution in [0.3, 0.4) is 0 Å². The maximum absolute atomic E-state index is 12.6. The Bertz CT molecular complexity index is 1240. The number of carboxylic acid groups (broad SMARTS) is 1. The average Bonchev–Trinajstić information content (AvgIpc) is 2.87. The number of carbonyl (C=O) groups is 4. The smallest absolute Gasteiger partial charge is 0.326 e. The second-order valence-electron chi connectivity index (χ2n) is 8.51. The molecule has 3 rings (SSSR count). The molecule has 0 fully saturated rings. The van der Waals surface area contributed by atoms with Gasteiger partial charge in [-0.05, 0) is 49.1 Å². The highest BCUT2D eigenvalue weighted by Gasteiger charge is 2.24. The molecule has 7 nitrogen and oxygen atoms in total. The van der Waals surface area contributed by atoms with Crippen molar-refractivity contribution >= 4 is 46.6 Å². The van der Waals surface area contributed by atoms with Gasteiger partial charge in [-0.1, -0.05) is 59.6 Å². The van der Waals surface area contributed by atoms with Gasteiger partial charge in [0.15, 0.2) is 5.78 Å². The number of hydrogen-bond acceptors (Lipinski definition) is 5. The minimum atomic E-state index is -1.30. The van der Waals surface area contributed by atoms with Crippen molar-refractivity contribution in [2.75, 3.05) is 0 Å². The fourth-order valence-electron chi connectivity index (χ4n) is 3.76. The van der Waals surface area contributed by atoms with E-state index in [9.17, 15) is 24.3 Å². The van der Waals surface area contributed by atoms with Crippen molar-refractivity contribution in [2.24, 2.45) is 0 Å². The van der Waals surface area contributed by atoms with Crippen molar-refractivity contribution in [1.82, 2.24) is 10.3 Å². The lowest BCUT2D eigenvalue weighted by atomic mass is 9.99. The van der Waals surface area contributed by atoms with Gasteiger partial charge in [0, 0.05) is 36.7 Å². The minimum absolute atomic E-state index is 0.0229. The van der Waals surface area contributed by atoms with E-state index >= 15 is 0 Å². The first-order valence-electron chi connectivity index (χ1n) is 11.8. The number of ketones is 2. The van der Waals surface area contributed by atoms with Crippen LogP contribution in [0.4, 0.5) is 0 Å². The van der Waals surface area contributed by atoms with E-state index in [-0.39, 0.29) is 46.4 Å². The fraction of sp³-hybridized carbons (Fsp3) is 0.250. The number of carboxylic acids is 1. The Morgan fingerprint density at radius 2 is 1.59 bits per heavy atom. The van der Waals surface area contributed by atoms with Crippen LogP contribution in [0.5, 0.6) is 0 Å². The van der Waals surface area contributed by atoms with Crippen LogP contribution in [0, 0.1) is 0 Å². The molecule has 0 aliphatic carbocycles. The summed E-state index contributed by atoms with van der Waals surface area (Å²) in [5, 5.41) is 12.1. The molecule has 3 aromatic rings. The minimum Gasteiger partial charge on any atom is -0.480 e. The van der Waals surface area contributed by atoms with Gasteiger partial charge >= 0.3 is 5.97 Å². The van der Waals surface area contributed by atoms with Crippen LogP contribution in [0.25, 0.3) is 0 Å². The predicted octanol–water partition coefficient (Wildman–Crippen LogP) is 5.37. The van der Waals surface area contributed by atoms with Gasteiger partial charge < -0.3 is 10.4 Å². The van der Waals surface area contributed by atoms with Gasteiger partial charge in [0.25, 0.3) is 5.91 Å². The van der Waals surface area contributed by atoms with Crippen molar-refractivity contribution in [1.29, 1.82) is 0 Å². The number of carbonyl (C=O) groups excluding carboxylic acids is 3. The Hall–Kier alpha value is -3.55. The van der Waals surface area contributed by atoms with E-state index in [0.717, 1.165) is 24.1 Å². The van der Waals surface area contributed by atoms with E-state index in [4.69, 9.17) is 23.2 Å². The monoisotopic (exact) mass is 540 g/mol. The summed E-state index contributed by atoms with van der Waals surface area (Å²) >= 11 is 12.0. The van der Waals surface area contributed by atoms with Crippen molar-refractivity contribution in [3.63, 3.8) is 0 Å². The van der Waals surface area contributed by atoms with Crippen LogP contribution in [0.15, 0.2) is 66.9 Å². The molecular formula is C28H26Cl2N2O5. The Balaban J connectivity index is 1.49. The molecule has 0 unspecified atom stereocenters. The van der Waals surface area contributed by atoms with E-state index in [0.29, 0.717) is 12.0 Å². The summed E-state index contributed by atoms with van der Waals surface area (Å²) in [4.78, 5) is 53.4. The number of halogens is 2. The molecule has 0 aliphatic rings. The molecule has 1 amide bonds. The number of nitrogens with one attached hydrogen (secondary N) is 1. The SMILES string of the molecule is O=C(CCCc1ccccn1)Cc1ccc(C(=O)CC[C@H](NC(=O)c2c(Cl)cccc2Cl)C(=O)O)cc1. The summed E-state index contributed by atoms with van der Waals surface area (Å²) < 4.78 is 0. The van der Waals surface area contributed by atoms with Crippen molar-refractivity contribution < 1.29 is 24.3 Å². The Labute approximate surface area is 224 Å². The van der Waals surface area contributed by atoms with Crippen LogP contribution in [0.2, 0.25) is 10.0 Å². The molecule has 0 aliphatic heterocycles. The molecule has 0 radical (unpaired) electrons. The zero-order valence-electron chi connectivity index (χ0n) is 20.0. The Morgan fingerprint density at radius 3 is 2.22 bits per heavy atom. The quantitative estimate of drug-likeness (QED) is 0.282. The van der Waals surface area contributed by atoms with Crippen molar-refractivity contribution in [3.8, 4) is 0 Å². The topological polar surface area (TPSA) is 113 Å². The van der Waals surface area contributed by atoms with Gasteiger partial charge in [-0.3, -0.25) is 19.4 Å². The van der Waals surface area contributed by atoms with E-state index in [2.05, 4.69) is 10.3 Å². The molecule has 1 aromatic heterocycles. The van der Waals surface area contributed by atoms with E-state index in [1.54, 1.807) is 36.5 Å². The molecule has 0 saturated heterocycles. The average molecular weight is 541 g/mol. The van der Waals surface area contributed by atoms with Gasteiger partial charge in [-0.2, -0.15) is 0 Å². The standard InChI is InChI=1S/C28H26Cl2N2O5/c29-22-8-4-9-23(30)26(22)27(35)32-24(28(36)37)14-15-25(34)19-12-10-18(11-13-19)17-21(33)7-3-6-20-5-1-2-16-31-20/h1-2,4-5,8-13,16,24H,3,6-7,14-15,17H2,(H,32,35)(H,36,37)/t24-/m0/s1. The maximum Gasteiger partial charge on any atom is 0.326 e. The zero-order valence-corrected chi connectivity index (χ0v) is 21.5. The fourth-order valence-corrected chi connectivity index (χ4v) is 4.33. The number of pyridine rings is 1. The molecule has 37 heavy (non-hydrogen) atoms. The van der Waals surface area contributed by atoms with Crippen molar-refractivity contribution in [2.45, 2.75) is 44.6 Å². The summed E-state index contributed by atoms with van der Waals surface area (Å²) in [7, 11) is 0. The number of rotatable bonds is 13. The van der Waals surface area contributed by atoms with E-state index < -0.39 is 17.9 Å². The number of Topliss-reactive ketones (excluding diaryl/α,β-unsaturated/α-hetero) is 2. The number of nitrogens with zero attached hydrogens (tertiary/aromatic N) is 1. The van der Waals surface area contributed by atoms with Crippen LogP contribution in [-0.4, -0.2) is 39.6 Å². The molecule has 1 atom stereocenters. The molecule has 9 heteroatoms.